The molecule has 0 bridgehead atoms. The summed E-state index contributed by atoms with van der Waals surface area (Å²) in [5.74, 6) is -3.30. The molecule has 0 fully saturated rings. The Labute approximate surface area is 160 Å². The fourth-order valence-corrected chi connectivity index (χ4v) is 3.80. The molecule has 2 aromatic rings. The first kappa shape index (κ1) is 21.6. The van der Waals surface area contributed by atoms with E-state index in [9.17, 15) is 26.8 Å². The van der Waals surface area contributed by atoms with Crippen LogP contribution in [0.2, 0.25) is 0 Å². The summed E-state index contributed by atoms with van der Waals surface area (Å²) in [4.78, 5) is 22.8. The van der Waals surface area contributed by atoms with Crippen molar-refractivity contribution < 1.29 is 22.0 Å². The van der Waals surface area contributed by atoms with Gasteiger partial charge >= 0.3 is 0 Å². The van der Waals surface area contributed by atoms with Crippen molar-refractivity contribution >= 4 is 15.9 Å². The molecule has 0 aliphatic carbocycles. The van der Waals surface area contributed by atoms with Crippen LogP contribution >= 0.6 is 0 Å². The highest BCUT2D eigenvalue weighted by Crippen LogP contribution is 2.17. The maximum absolute atomic E-state index is 13.6. The number of aromatic amines is 1. The van der Waals surface area contributed by atoms with Gasteiger partial charge in [0.05, 0.1) is 12.2 Å². The SMILES string of the molecule is CCc1n[nH]c(=O)c(CNC(=O)CNS(=O)(=O)c2c(F)cccc2F)c1CC. The number of H-pyrrole nitrogens is 1. The van der Waals surface area contributed by atoms with Crippen LogP contribution in [0.15, 0.2) is 27.9 Å². The average molecular weight is 414 g/mol. The van der Waals surface area contributed by atoms with Gasteiger partial charge in [-0.15, -0.1) is 0 Å². The molecule has 3 N–H and O–H groups in total. The van der Waals surface area contributed by atoms with Crippen LogP contribution in [0.4, 0.5) is 8.78 Å². The third-order valence-corrected chi connectivity index (χ3v) is 5.49. The molecule has 0 aliphatic rings. The number of carbonyl (C=O) groups is 1. The van der Waals surface area contributed by atoms with E-state index in [0.717, 1.165) is 18.2 Å². The number of benzene rings is 1. The molecule has 1 heterocycles. The summed E-state index contributed by atoms with van der Waals surface area (Å²) in [6.45, 7) is 2.83. The first-order chi connectivity index (χ1) is 13.2. The van der Waals surface area contributed by atoms with Gasteiger partial charge in [-0.1, -0.05) is 19.9 Å². The number of halogens is 2. The van der Waals surface area contributed by atoms with Crippen molar-refractivity contribution in [3.8, 4) is 0 Å². The normalized spacial score (nSPS) is 11.4. The number of nitrogens with one attached hydrogen (secondary N) is 3. The van der Waals surface area contributed by atoms with Crippen LogP contribution in [0.5, 0.6) is 0 Å². The molecule has 0 saturated carbocycles. The Morgan fingerprint density at radius 3 is 2.36 bits per heavy atom. The standard InChI is InChI=1S/C17H20F2N4O4S/c1-3-10-11(17(25)23-22-14(10)4-2)8-20-15(24)9-21-28(26,27)16-12(18)6-5-7-13(16)19/h5-7,21H,3-4,8-9H2,1-2H3,(H,20,24)(H,23,25). The maximum atomic E-state index is 13.6. The smallest absolute Gasteiger partial charge is 0.269 e. The summed E-state index contributed by atoms with van der Waals surface area (Å²) < 4.78 is 53.2. The minimum absolute atomic E-state index is 0.136. The Kier molecular flexibility index (Phi) is 6.97. The van der Waals surface area contributed by atoms with Gasteiger partial charge in [0.2, 0.25) is 15.9 Å². The van der Waals surface area contributed by atoms with Crippen molar-refractivity contribution in [3.05, 3.63) is 57.0 Å². The van der Waals surface area contributed by atoms with Gasteiger partial charge in [-0.05, 0) is 30.5 Å². The third-order valence-electron chi connectivity index (χ3n) is 4.04. The lowest BCUT2D eigenvalue weighted by molar-refractivity contribution is -0.120. The van der Waals surface area contributed by atoms with E-state index in [1.807, 2.05) is 18.6 Å². The fraction of sp³-hybridized carbons (Fsp3) is 0.353. The van der Waals surface area contributed by atoms with Crippen LogP contribution < -0.4 is 15.6 Å². The first-order valence-electron chi connectivity index (χ1n) is 8.50. The summed E-state index contributed by atoms with van der Waals surface area (Å²) in [5, 5.41) is 8.74. The molecule has 0 unspecified atom stereocenters. The van der Waals surface area contributed by atoms with Crippen molar-refractivity contribution in [3.63, 3.8) is 0 Å². The zero-order valence-corrected chi connectivity index (χ0v) is 16.1. The third kappa shape index (κ3) is 4.78. The molecule has 11 heteroatoms. The highest BCUT2D eigenvalue weighted by Gasteiger charge is 2.24. The van der Waals surface area contributed by atoms with Crippen LogP contribution in [0.3, 0.4) is 0 Å². The average Bonchev–Trinajstić information content (AvgIpc) is 2.64. The van der Waals surface area contributed by atoms with Gasteiger partial charge in [-0.2, -0.15) is 5.10 Å². The molecule has 152 valence electrons. The lowest BCUT2D eigenvalue weighted by Crippen LogP contribution is -2.38. The van der Waals surface area contributed by atoms with Crippen molar-refractivity contribution in [2.75, 3.05) is 6.54 Å². The van der Waals surface area contributed by atoms with Gasteiger partial charge < -0.3 is 5.32 Å². The molecule has 0 saturated heterocycles. The van der Waals surface area contributed by atoms with Gasteiger partial charge in [0.25, 0.3) is 5.56 Å². The van der Waals surface area contributed by atoms with E-state index in [1.165, 1.54) is 0 Å². The predicted octanol–water partition coefficient (Wildman–Crippen LogP) is 0.768. The van der Waals surface area contributed by atoms with Crippen LogP contribution in [0.25, 0.3) is 0 Å². The molecule has 0 atom stereocenters. The van der Waals surface area contributed by atoms with Crippen LogP contribution in [-0.2, 0) is 34.2 Å². The first-order valence-corrected chi connectivity index (χ1v) is 9.99. The lowest BCUT2D eigenvalue weighted by atomic mass is 10.0. The lowest BCUT2D eigenvalue weighted by Gasteiger charge is -2.12. The second-order valence-corrected chi connectivity index (χ2v) is 7.52. The van der Waals surface area contributed by atoms with Gasteiger partial charge in [0.15, 0.2) is 4.90 Å². The largest absolute Gasteiger partial charge is 0.351 e. The second-order valence-electron chi connectivity index (χ2n) is 5.82. The number of amides is 1. The molecule has 0 radical (unpaired) electrons. The number of nitrogens with zero attached hydrogens (tertiary/aromatic N) is 1. The van der Waals surface area contributed by atoms with E-state index in [4.69, 9.17) is 0 Å². The molecule has 28 heavy (non-hydrogen) atoms. The molecular weight excluding hydrogens is 394 g/mol. The highest BCUT2D eigenvalue weighted by molar-refractivity contribution is 7.89. The second kappa shape index (κ2) is 9.02. The topological polar surface area (TPSA) is 121 Å². The quantitative estimate of drug-likeness (QED) is 0.589. The number of aryl methyl sites for hydroxylation is 1. The van der Waals surface area contributed by atoms with Gasteiger partial charge in [0.1, 0.15) is 11.6 Å². The molecule has 1 amide bonds. The summed E-state index contributed by atoms with van der Waals surface area (Å²) in [5.41, 5.74) is 1.27. The molecule has 1 aromatic carbocycles. The van der Waals surface area contributed by atoms with E-state index in [1.54, 1.807) is 0 Å². The number of hydrogen-bond acceptors (Lipinski definition) is 5. The highest BCUT2D eigenvalue weighted by atomic mass is 32.2. The number of hydrogen-bond donors (Lipinski definition) is 3. The minimum Gasteiger partial charge on any atom is -0.351 e. The number of carbonyl (C=O) groups excluding carboxylic acids is 1. The van der Waals surface area contributed by atoms with E-state index in [-0.39, 0.29) is 6.54 Å². The van der Waals surface area contributed by atoms with Gasteiger partial charge in [-0.3, -0.25) is 9.59 Å². The van der Waals surface area contributed by atoms with Crippen molar-refractivity contribution in [2.45, 2.75) is 38.1 Å². The van der Waals surface area contributed by atoms with Gasteiger partial charge in [0, 0.05) is 12.1 Å². The monoisotopic (exact) mass is 414 g/mol. The van der Waals surface area contributed by atoms with E-state index in [0.29, 0.717) is 29.7 Å². The number of sulfonamides is 1. The summed E-state index contributed by atoms with van der Waals surface area (Å²) >= 11 is 0. The molecule has 0 spiro atoms. The zero-order valence-electron chi connectivity index (χ0n) is 15.3. The van der Waals surface area contributed by atoms with E-state index in [2.05, 4.69) is 15.5 Å². The molecule has 1 aromatic heterocycles. The van der Waals surface area contributed by atoms with Crippen LogP contribution in [0, 0.1) is 11.6 Å². The maximum Gasteiger partial charge on any atom is 0.269 e. The Morgan fingerprint density at radius 2 is 1.79 bits per heavy atom. The zero-order chi connectivity index (χ0) is 20.9. The minimum atomic E-state index is -4.57. The Morgan fingerprint density at radius 1 is 1.14 bits per heavy atom. The van der Waals surface area contributed by atoms with Crippen molar-refractivity contribution in [2.24, 2.45) is 0 Å². The Hall–Kier alpha value is -2.66. The summed E-state index contributed by atoms with van der Waals surface area (Å²) in [7, 11) is -4.57. The van der Waals surface area contributed by atoms with E-state index >= 15 is 0 Å². The van der Waals surface area contributed by atoms with Crippen molar-refractivity contribution in [1.29, 1.82) is 0 Å². The fourth-order valence-electron chi connectivity index (χ4n) is 2.68. The van der Waals surface area contributed by atoms with Crippen LogP contribution in [0.1, 0.15) is 30.7 Å². The Balaban J connectivity index is 2.07. The Bertz CT molecular complexity index is 1020. The number of aromatic nitrogens is 2. The van der Waals surface area contributed by atoms with E-state index < -0.39 is 44.6 Å². The molecule has 0 aliphatic heterocycles. The molecular formula is C17H20F2N4O4S. The number of rotatable bonds is 8. The summed E-state index contributed by atoms with van der Waals surface area (Å²) in [6, 6.07) is 2.62. The molecule has 8 nitrogen and oxygen atoms in total. The van der Waals surface area contributed by atoms with Crippen LogP contribution in [-0.4, -0.2) is 31.1 Å². The predicted molar refractivity (Wildman–Crippen MR) is 97.0 cm³/mol. The van der Waals surface area contributed by atoms with Gasteiger partial charge in [-0.25, -0.2) is 27.0 Å². The molecule has 2 rings (SSSR count). The van der Waals surface area contributed by atoms with Crippen molar-refractivity contribution in [1.82, 2.24) is 20.2 Å². The summed E-state index contributed by atoms with van der Waals surface area (Å²) in [6.07, 6.45) is 1.12.